The zero-order valence-electron chi connectivity index (χ0n) is 14.1. The van der Waals surface area contributed by atoms with E-state index >= 15 is 0 Å². The molecule has 4 rings (SSSR count). The third-order valence-corrected chi connectivity index (χ3v) is 6.50. The van der Waals surface area contributed by atoms with Crippen molar-refractivity contribution in [2.75, 3.05) is 20.2 Å². The lowest BCUT2D eigenvalue weighted by atomic mass is 10.1. The van der Waals surface area contributed by atoms with Crippen molar-refractivity contribution in [3.05, 3.63) is 54.1 Å². The molecule has 0 aliphatic carbocycles. The minimum atomic E-state index is -3.72. The molecule has 1 saturated heterocycles. The summed E-state index contributed by atoms with van der Waals surface area (Å²) in [5.74, 6) is 0.681. The molecule has 8 heteroatoms. The molecular weight excluding hydrogens is 356 g/mol. The first-order valence-corrected chi connectivity index (χ1v) is 9.62. The number of hydrogen-bond acceptors (Lipinski definition) is 5. The zero-order valence-corrected chi connectivity index (χ0v) is 15.0. The van der Waals surface area contributed by atoms with Gasteiger partial charge < -0.3 is 19.3 Å². The highest BCUT2D eigenvalue weighted by Crippen LogP contribution is 2.36. The molecule has 1 fully saturated rings. The Morgan fingerprint density at radius 1 is 1.27 bits per heavy atom. The number of para-hydroxylation sites is 1. The number of carbonyl (C=O) groups is 1. The molecule has 0 aromatic heterocycles. The molecular formula is C18H18N2O5S. The van der Waals surface area contributed by atoms with Crippen LogP contribution in [0.2, 0.25) is 0 Å². The molecule has 2 atom stereocenters. The number of hydrogen-bond donors (Lipinski definition) is 1. The number of nitrogens with one attached hydrogen (secondary N) is 1. The van der Waals surface area contributed by atoms with E-state index in [-0.39, 0.29) is 23.9 Å². The van der Waals surface area contributed by atoms with Crippen LogP contribution in [0.25, 0.3) is 0 Å². The van der Waals surface area contributed by atoms with E-state index < -0.39 is 16.1 Å². The van der Waals surface area contributed by atoms with Crippen LogP contribution in [0, 0.1) is 0 Å². The van der Waals surface area contributed by atoms with Gasteiger partial charge in [-0.05, 0) is 24.3 Å². The molecule has 7 nitrogen and oxygen atoms in total. The number of nitrogens with zero attached hydrogens (tertiary/aromatic N) is 1. The number of rotatable bonds is 3. The molecule has 1 amide bonds. The quantitative estimate of drug-likeness (QED) is 0.828. The number of benzene rings is 2. The third kappa shape index (κ3) is 2.76. The van der Waals surface area contributed by atoms with E-state index in [0.29, 0.717) is 23.5 Å². The Morgan fingerprint density at radius 3 is 2.88 bits per heavy atom. The van der Waals surface area contributed by atoms with Gasteiger partial charge in [-0.2, -0.15) is 0 Å². The van der Waals surface area contributed by atoms with Crippen LogP contribution in [-0.2, 0) is 14.6 Å². The lowest BCUT2D eigenvalue weighted by molar-refractivity contribution is 0.0287. The number of carbonyl (C=O) groups excluding carboxylic acids is 1. The Morgan fingerprint density at radius 2 is 2.08 bits per heavy atom. The lowest BCUT2D eigenvalue weighted by Crippen LogP contribution is -2.58. The number of methoxy groups -OCH3 is 1. The van der Waals surface area contributed by atoms with Gasteiger partial charge in [0.1, 0.15) is 18.0 Å². The van der Waals surface area contributed by atoms with E-state index in [1.165, 1.54) is 23.5 Å². The molecule has 2 aliphatic rings. The monoisotopic (exact) mass is 374 g/mol. The highest BCUT2D eigenvalue weighted by molar-refractivity contribution is 7.95. The lowest BCUT2D eigenvalue weighted by Gasteiger charge is -2.35. The first-order valence-electron chi connectivity index (χ1n) is 8.18. The largest absolute Gasteiger partial charge is 0.593 e. The SMILES string of the molecule is COc1cccc([S+](=O)([O-])N2CCC3(C2)NC(=O)c2ccccc2O3)c1. The van der Waals surface area contributed by atoms with Crippen LogP contribution in [0.15, 0.2) is 53.4 Å². The van der Waals surface area contributed by atoms with E-state index in [1.54, 1.807) is 36.4 Å². The van der Waals surface area contributed by atoms with Crippen molar-refractivity contribution < 1.29 is 23.0 Å². The molecule has 2 unspecified atom stereocenters. The van der Waals surface area contributed by atoms with Crippen molar-refractivity contribution in [1.82, 2.24) is 9.62 Å². The number of fused-ring (bicyclic) bond motifs is 1. The van der Waals surface area contributed by atoms with Crippen molar-refractivity contribution in [3.63, 3.8) is 0 Å². The minimum Gasteiger partial charge on any atom is -0.593 e. The van der Waals surface area contributed by atoms with Gasteiger partial charge in [-0.25, -0.2) is 0 Å². The van der Waals surface area contributed by atoms with Crippen molar-refractivity contribution >= 4 is 16.3 Å². The van der Waals surface area contributed by atoms with E-state index in [2.05, 4.69) is 5.32 Å². The molecule has 0 saturated carbocycles. The maximum atomic E-state index is 13.0. The topological polar surface area (TPSA) is 90.9 Å². The van der Waals surface area contributed by atoms with Crippen LogP contribution in [0.5, 0.6) is 11.5 Å². The van der Waals surface area contributed by atoms with Gasteiger partial charge in [-0.3, -0.25) is 4.79 Å². The minimum absolute atomic E-state index is 0.0482. The van der Waals surface area contributed by atoms with Gasteiger partial charge in [0, 0.05) is 12.5 Å². The summed E-state index contributed by atoms with van der Waals surface area (Å²) in [4.78, 5) is 12.5. The third-order valence-electron chi connectivity index (χ3n) is 4.65. The first-order chi connectivity index (χ1) is 12.4. The number of amides is 1. The predicted molar refractivity (Wildman–Crippen MR) is 93.5 cm³/mol. The fourth-order valence-corrected chi connectivity index (χ4v) is 4.83. The van der Waals surface area contributed by atoms with Crippen molar-refractivity contribution in [2.24, 2.45) is 0 Å². The highest BCUT2D eigenvalue weighted by Gasteiger charge is 2.51. The van der Waals surface area contributed by atoms with Gasteiger partial charge in [0.05, 0.1) is 19.2 Å². The Hall–Kier alpha value is -2.42. The van der Waals surface area contributed by atoms with Gasteiger partial charge in [-0.1, -0.05) is 22.4 Å². The Bertz CT molecular complexity index is 918. The maximum Gasteiger partial charge on any atom is 0.258 e. The van der Waals surface area contributed by atoms with Crippen LogP contribution in [0.3, 0.4) is 0 Å². The van der Waals surface area contributed by atoms with Gasteiger partial charge >= 0.3 is 0 Å². The average Bonchev–Trinajstić information content (AvgIpc) is 3.05. The second kappa shape index (κ2) is 6.08. The second-order valence-electron chi connectivity index (χ2n) is 6.31. The Labute approximate surface area is 152 Å². The van der Waals surface area contributed by atoms with Gasteiger partial charge in [0.15, 0.2) is 15.3 Å². The second-order valence-corrected chi connectivity index (χ2v) is 8.25. The van der Waals surface area contributed by atoms with Crippen LogP contribution in [0.1, 0.15) is 16.8 Å². The maximum absolute atomic E-state index is 13.0. The normalized spacial score (nSPS) is 24.5. The summed E-state index contributed by atoms with van der Waals surface area (Å²) >= 11 is 0. The van der Waals surface area contributed by atoms with E-state index in [1.807, 2.05) is 0 Å². The van der Waals surface area contributed by atoms with E-state index in [0.717, 1.165) is 0 Å². The smallest absolute Gasteiger partial charge is 0.258 e. The molecule has 2 heterocycles. The summed E-state index contributed by atoms with van der Waals surface area (Å²) in [5.41, 5.74) is -0.593. The van der Waals surface area contributed by atoms with Crippen LogP contribution in [-0.4, -0.2) is 40.7 Å². The average molecular weight is 374 g/mol. The van der Waals surface area contributed by atoms with E-state index in [4.69, 9.17) is 9.47 Å². The van der Waals surface area contributed by atoms with Crippen molar-refractivity contribution in [3.8, 4) is 11.5 Å². The first kappa shape index (κ1) is 17.0. The molecule has 2 aromatic rings. The summed E-state index contributed by atoms with van der Waals surface area (Å²) in [6.07, 6.45) is 0.371. The van der Waals surface area contributed by atoms with Crippen molar-refractivity contribution in [1.29, 1.82) is 0 Å². The molecule has 2 aliphatic heterocycles. The standard InChI is InChI=1S/C18H18N2O5S/c1-24-13-5-4-6-14(11-13)26(22,23)20-10-9-18(12-20)19-17(21)15-7-2-3-8-16(15)25-18/h2-8,11H,9-10,12H2,1H3,(H-,19,21,22,23). The number of ether oxygens (including phenoxy) is 2. The summed E-state index contributed by atoms with van der Waals surface area (Å²) in [6.45, 7) is 0.300. The molecule has 0 bridgehead atoms. The summed E-state index contributed by atoms with van der Waals surface area (Å²) in [5, 5.41) is 2.83. The molecule has 0 radical (unpaired) electrons. The summed E-state index contributed by atoms with van der Waals surface area (Å²) < 4.78 is 38.4. The fourth-order valence-electron chi connectivity index (χ4n) is 3.30. The van der Waals surface area contributed by atoms with Gasteiger partial charge in [0.25, 0.3) is 5.91 Å². The molecule has 26 heavy (non-hydrogen) atoms. The van der Waals surface area contributed by atoms with Gasteiger partial charge in [0.2, 0.25) is 5.72 Å². The summed E-state index contributed by atoms with van der Waals surface area (Å²) in [6, 6.07) is 13.3. The van der Waals surface area contributed by atoms with Crippen LogP contribution >= 0.6 is 0 Å². The van der Waals surface area contributed by atoms with Gasteiger partial charge in [-0.15, -0.1) is 4.31 Å². The van der Waals surface area contributed by atoms with Crippen molar-refractivity contribution in [2.45, 2.75) is 17.0 Å². The zero-order chi connectivity index (χ0) is 18.4. The van der Waals surface area contributed by atoms with Crippen LogP contribution < -0.4 is 14.8 Å². The Balaban J connectivity index is 1.60. The predicted octanol–water partition coefficient (Wildman–Crippen LogP) is 1.82. The highest BCUT2D eigenvalue weighted by atomic mass is 32.3. The molecule has 2 aromatic carbocycles. The number of sulfonamides is 1. The van der Waals surface area contributed by atoms with Crippen LogP contribution in [0.4, 0.5) is 0 Å². The summed E-state index contributed by atoms with van der Waals surface area (Å²) in [7, 11) is -2.23. The fraction of sp³-hybridized carbons (Fsp3) is 0.278. The van der Waals surface area contributed by atoms with E-state index in [9.17, 15) is 13.6 Å². The Kier molecular flexibility index (Phi) is 3.98. The molecule has 1 N–H and O–H groups in total. The molecule has 1 spiro atoms. The molecule has 136 valence electrons.